The van der Waals surface area contributed by atoms with E-state index in [2.05, 4.69) is 11.8 Å². The Bertz CT molecular complexity index is 290. The molecule has 1 heterocycles. The third kappa shape index (κ3) is 1.96. The largest absolute Gasteiger partial charge is 0.481 e. The van der Waals surface area contributed by atoms with Crippen molar-refractivity contribution in [1.29, 1.82) is 0 Å². The molecule has 92 valence electrons. The van der Waals surface area contributed by atoms with E-state index in [4.69, 9.17) is 5.11 Å². The lowest BCUT2D eigenvalue weighted by molar-refractivity contribution is -0.151. The molecule has 0 aromatic heterocycles. The second-order valence-corrected chi connectivity index (χ2v) is 5.36. The van der Waals surface area contributed by atoms with Gasteiger partial charge in [-0.3, -0.25) is 9.69 Å². The number of hydrogen-bond donors (Lipinski definition) is 2. The minimum Gasteiger partial charge on any atom is -0.481 e. The molecule has 4 heteroatoms. The van der Waals surface area contributed by atoms with Crippen LogP contribution >= 0.6 is 0 Å². The summed E-state index contributed by atoms with van der Waals surface area (Å²) in [6.45, 7) is 4.45. The van der Waals surface area contributed by atoms with Crippen LogP contribution in [0.2, 0.25) is 0 Å². The van der Waals surface area contributed by atoms with Crippen molar-refractivity contribution in [1.82, 2.24) is 4.90 Å². The van der Waals surface area contributed by atoms with Crippen molar-refractivity contribution in [3.8, 4) is 0 Å². The molecule has 0 amide bonds. The molecule has 0 spiro atoms. The van der Waals surface area contributed by atoms with E-state index in [1.807, 2.05) is 6.92 Å². The predicted molar refractivity (Wildman–Crippen MR) is 60.2 cm³/mol. The van der Waals surface area contributed by atoms with E-state index in [0.717, 1.165) is 0 Å². The van der Waals surface area contributed by atoms with Crippen molar-refractivity contribution in [2.75, 3.05) is 6.54 Å². The van der Waals surface area contributed by atoms with Crippen LogP contribution in [0, 0.1) is 5.92 Å². The number of carboxylic acid groups (broad SMARTS) is 1. The molecule has 2 N–H and O–H groups in total. The van der Waals surface area contributed by atoms with Gasteiger partial charge < -0.3 is 10.2 Å². The van der Waals surface area contributed by atoms with Gasteiger partial charge in [0.15, 0.2) is 0 Å². The van der Waals surface area contributed by atoms with Crippen LogP contribution in [-0.4, -0.2) is 45.3 Å². The summed E-state index contributed by atoms with van der Waals surface area (Å²) in [4.78, 5) is 13.4. The van der Waals surface area contributed by atoms with Gasteiger partial charge in [-0.2, -0.15) is 0 Å². The number of rotatable bonds is 4. The standard InChI is InChI=1S/C12H21NO3/c1-3-10(11(14)15)12(16)6-8(2)13(7-12)9-4-5-9/h8-10,16H,3-7H2,1-2H3,(H,14,15). The first-order valence-corrected chi connectivity index (χ1v) is 6.19. The number of nitrogens with zero attached hydrogens (tertiary/aromatic N) is 1. The molecule has 0 aromatic carbocycles. The van der Waals surface area contributed by atoms with Gasteiger partial charge in [0.2, 0.25) is 0 Å². The molecular formula is C12H21NO3. The average Bonchev–Trinajstić information content (AvgIpc) is 2.93. The van der Waals surface area contributed by atoms with E-state index in [0.29, 0.717) is 31.5 Å². The van der Waals surface area contributed by atoms with Gasteiger partial charge in [0.05, 0.1) is 11.5 Å². The van der Waals surface area contributed by atoms with Crippen molar-refractivity contribution in [3.05, 3.63) is 0 Å². The molecule has 2 fully saturated rings. The predicted octanol–water partition coefficient (Wildman–Crippen LogP) is 1.08. The van der Waals surface area contributed by atoms with Crippen molar-refractivity contribution in [2.24, 2.45) is 5.92 Å². The molecule has 3 atom stereocenters. The smallest absolute Gasteiger partial charge is 0.309 e. The minimum absolute atomic E-state index is 0.311. The molecule has 0 radical (unpaired) electrons. The molecule has 1 aliphatic carbocycles. The van der Waals surface area contributed by atoms with Crippen molar-refractivity contribution >= 4 is 5.97 Å². The van der Waals surface area contributed by atoms with E-state index >= 15 is 0 Å². The van der Waals surface area contributed by atoms with E-state index < -0.39 is 17.5 Å². The Hall–Kier alpha value is -0.610. The Balaban J connectivity index is 2.10. The summed E-state index contributed by atoms with van der Waals surface area (Å²) in [5, 5.41) is 19.7. The molecule has 3 unspecified atom stereocenters. The van der Waals surface area contributed by atoms with Crippen molar-refractivity contribution < 1.29 is 15.0 Å². The maximum Gasteiger partial charge on any atom is 0.309 e. The number of carboxylic acids is 1. The van der Waals surface area contributed by atoms with E-state index in [1.165, 1.54) is 12.8 Å². The van der Waals surface area contributed by atoms with Crippen LogP contribution in [0.25, 0.3) is 0 Å². The van der Waals surface area contributed by atoms with Gasteiger partial charge >= 0.3 is 5.97 Å². The molecule has 0 aromatic rings. The van der Waals surface area contributed by atoms with Crippen LogP contribution in [0.5, 0.6) is 0 Å². The van der Waals surface area contributed by atoms with E-state index in [-0.39, 0.29) is 0 Å². The highest BCUT2D eigenvalue weighted by Crippen LogP contribution is 2.41. The third-order valence-electron chi connectivity index (χ3n) is 4.04. The number of carbonyl (C=O) groups is 1. The average molecular weight is 227 g/mol. The van der Waals surface area contributed by atoms with Crippen LogP contribution in [-0.2, 0) is 4.79 Å². The molecule has 16 heavy (non-hydrogen) atoms. The molecular weight excluding hydrogens is 206 g/mol. The molecule has 1 saturated carbocycles. The topological polar surface area (TPSA) is 60.8 Å². The van der Waals surface area contributed by atoms with Crippen LogP contribution in [0.1, 0.15) is 39.5 Å². The normalized spacial score (nSPS) is 37.6. The first-order valence-electron chi connectivity index (χ1n) is 6.19. The lowest BCUT2D eigenvalue weighted by atomic mass is 9.83. The lowest BCUT2D eigenvalue weighted by Gasteiger charge is -2.29. The zero-order valence-electron chi connectivity index (χ0n) is 10.0. The van der Waals surface area contributed by atoms with Crippen LogP contribution in [0.4, 0.5) is 0 Å². The fourth-order valence-corrected chi connectivity index (χ4v) is 3.10. The fourth-order valence-electron chi connectivity index (χ4n) is 3.10. The Morgan fingerprint density at radius 1 is 1.56 bits per heavy atom. The SMILES string of the molecule is CCC(C(=O)O)C1(O)CC(C)N(C2CC2)C1. The summed E-state index contributed by atoms with van der Waals surface area (Å²) in [5.41, 5.74) is -1.03. The van der Waals surface area contributed by atoms with Crippen molar-refractivity contribution in [2.45, 2.75) is 57.2 Å². The zero-order valence-corrected chi connectivity index (χ0v) is 10.0. The van der Waals surface area contributed by atoms with Crippen molar-refractivity contribution in [3.63, 3.8) is 0 Å². The highest BCUT2D eigenvalue weighted by Gasteiger charge is 2.51. The lowest BCUT2D eigenvalue weighted by Crippen LogP contribution is -2.44. The molecule has 1 saturated heterocycles. The van der Waals surface area contributed by atoms with Gasteiger partial charge in [-0.15, -0.1) is 0 Å². The Labute approximate surface area is 96.3 Å². The van der Waals surface area contributed by atoms with Gasteiger partial charge in [0.25, 0.3) is 0 Å². The van der Waals surface area contributed by atoms with Gasteiger partial charge in [0.1, 0.15) is 0 Å². The molecule has 0 bridgehead atoms. The minimum atomic E-state index is -1.03. The summed E-state index contributed by atoms with van der Waals surface area (Å²) in [6, 6.07) is 0.904. The molecule has 4 nitrogen and oxygen atoms in total. The van der Waals surface area contributed by atoms with Gasteiger partial charge in [-0.05, 0) is 32.6 Å². The van der Waals surface area contributed by atoms with Crippen LogP contribution < -0.4 is 0 Å². The number of hydrogen-bond acceptors (Lipinski definition) is 3. The molecule has 2 aliphatic rings. The van der Waals surface area contributed by atoms with Crippen LogP contribution in [0.3, 0.4) is 0 Å². The summed E-state index contributed by atoms with van der Waals surface area (Å²) >= 11 is 0. The monoisotopic (exact) mass is 227 g/mol. The van der Waals surface area contributed by atoms with Crippen LogP contribution in [0.15, 0.2) is 0 Å². The number of aliphatic carboxylic acids is 1. The summed E-state index contributed by atoms with van der Waals surface area (Å²) < 4.78 is 0. The summed E-state index contributed by atoms with van der Waals surface area (Å²) in [5.74, 6) is -1.49. The summed E-state index contributed by atoms with van der Waals surface area (Å²) in [7, 11) is 0. The van der Waals surface area contributed by atoms with Gasteiger partial charge in [-0.25, -0.2) is 0 Å². The second kappa shape index (κ2) is 4.00. The first-order chi connectivity index (χ1) is 7.48. The van der Waals surface area contributed by atoms with Gasteiger partial charge in [-0.1, -0.05) is 6.92 Å². The first kappa shape index (κ1) is 11.9. The zero-order chi connectivity index (χ0) is 11.9. The number of likely N-dealkylation sites (tertiary alicyclic amines) is 1. The Morgan fingerprint density at radius 2 is 2.19 bits per heavy atom. The Kier molecular flexibility index (Phi) is 2.97. The Morgan fingerprint density at radius 3 is 2.62 bits per heavy atom. The highest BCUT2D eigenvalue weighted by atomic mass is 16.4. The second-order valence-electron chi connectivity index (χ2n) is 5.36. The maximum absolute atomic E-state index is 11.1. The highest BCUT2D eigenvalue weighted by molar-refractivity contribution is 5.71. The number of aliphatic hydroxyl groups is 1. The fraction of sp³-hybridized carbons (Fsp3) is 0.917. The van der Waals surface area contributed by atoms with E-state index in [9.17, 15) is 9.90 Å². The quantitative estimate of drug-likeness (QED) is 0.754. The van der Waals surface area contributed by atoms with E-state index in [1.54, 1.807) is 0 Å². The van der Waals surface area contributed by atoms with Gasteiger partial charge in [0, 0.05) is 18.6 Å². The third-order valence-corrected chi connectivity index (χ3v) is 4.04. The maximum atomic E-state index is 11.1. The molecule has 2 rings (SSSR count). The molecule has 1 aliphatic heterocycles. The number of β-amino-alcohol motifs (C(OH)–C–C–N with tert-alkyl or cyclic N) is 1. The summed E-state index contributed by atoms with van der Waals surface area (Å²) in [6.07, 6.45) is 3.49.